The second-order valence-corrected chi connectivity index (χ2v) is 20.8. The van der Waals surface area contributed by atoms with Gasteiger partial charge in [0.25, 0.3) is 0 Å². The van der Waals surface area contributed by atoms with E-state index in [2.05, 4.69) is 123 Å². The number of hydrogen-bond acceptors (Lipinski definition) is 5. The zero-order chi connectivity index (χ0) is 35.9. The third kappa shape index (κ3) is 7.31. The van der Waals surface area contributed by atoms with E-state index in [0.29, 0.717) is 11.8 Å². The molecule has 265 valence electrons. The molecule has 8 heteroatoms. The quantitative estimate of drug-likeness (QED) is 0.123. The fourth-order valence-corrected chi connectivity index (χ4v) is 8.69. The summed E-state index contributed by atoms with van der Waals surface area (Å²) in [6.07, 6.45) is 7.71. The molecule has 0 saturated carbocycles. The monoisotopic (exact) mass is 894 g/mol. The van der Waals surface area contributed by atoms with Crippen molar-refractivity contribution in [2.45, 2.75) is 66.1 Å². The zero-order valence-corrected chi connectivity index (χ0v) is 35.2. The van der Waals surface area contributed by atoms with Gasteiger partial charge in [0.05, 0.1) is 31.1 Å². The summed E-state index contributed by atoms with van der Waals surface area (Å²) in [7, 11) is -1.23. The standard InChI is InChI=1S/C30H27N4S.C14H16NSi.Ir/c1-17(2)20-8-6-9-21(18(3)4)27(20)34-26-16-31-13-12-25(26)33-29(34)23-11-7-10-22-24-14-19(5)15-32-30(24)35-28(22)23;1-16(2,3)13-9-10-14(15-11-13)12-7-5-4-6-8-12;/h6-10,12-18H,1-5H3;4-7,9-11H,1-3H3;/q2*-1;. The second kappa shape index (κ2) is 15.3. The smallest absolute Gasteiger partial charge is 0.113 e. The minimum atomic E-state index is -1.23. The average molecular weight is 894 g/mol. The van der Waals surface area contributed by atoms with Crippen LogP contribution in [0.5, 0.6) is 0 Å². The summed E-state index contributed by atoms with van der Waals surface area (Å²) in [5.41, 5.74) is 10.0. The van der Waals surface area contributed by atoms with Crippen LogP contribution < -0.4 is 5.19 Å². The van der Waals surface area contributed by atoms with E-state index in [1.54, 1.807) is 11.3 Å². The molecule has 5 nitrogen and oxygen atoms in total. The molecule has 0 amide bonds. The van der Waals surface area contributed by atoms with Gasteiger partial charge in [-0.2, -0.15) is 11.3 Å². The minimum Gasteiger partial charge on any atom is -0.331 e. The first-order chi connectivity index (χ1) is 24.5. The fourth-order valence-electron chi connectivity index (χ4n) is 6.53. The first-order valence-corrected chi connectivity index (χ1v) is 21.9. The number of aryl methyl sites for hydroxylation is 1. The number of aromatic nitrogens is 5. The molecular weight excluding hydrogens is 851 g/mol. The number of pyridine rings is 3. The summed E-state index contributed by atoms with van der Waals surface area (Å²) in [6, 6.07) is 34.0. The Morgan fingerprint density at radius 2 is 1.54 bits per heavy atom. The molecule has 0 spiro atoms. The molecule has 0 saturated heterocycles. The topological polar surface area (TPSA) is 56.5 Å². The van der Waals surface area contributed by atoms with Crippen molar-refractivity contribution in [1.82, 2.24) is 24.5 Å². The van der Waals surface area contributed by atoms with Gasteiger partial charge in [-0.25, -0.2) is 4.98 Å². The van der Waals surface area contributed by atoms with Crippen LogP contribution in [0.4, 0.5) is 0 Å². The van der Waals surface area contributed by atoms with Crippen molar-refractivity contribution in [3.8, 4) is 28.3 Å². The van der Waals surface area contributed by atoms with Crippen LogP contribution in [0, 0.1) is 19.1 Å². The number of imidazole rings is 1. The molecule has 5 heterocycles. The van der Waals surface area contributed by atoms with Gasteiger partial charge in [-0.15, -0.1) is 54.1 Å². The first kappa shape index (κ1) is 37.4. The van der Waals surface area contributed by atoms with Crippen LogP contribution in [-0.4, -0.2) is 32.6 Å². The predicted molar refractivity (Wildman–Crippen MR) is 218 cm³/mol. The molecule has 0 aliphatic heterocycles. The third-order valence-corrected chi connectivity index (χ3v) is 12.5. The van der Waals surface area contributed by atoms with Crippen molar-refractivity contribution in [3.05, 3.63) is 132 Å². The van der Waals surface area contributed by atoms with Crippen LogP contribution in [0.25, 0.3) is 59.7 Å². The Labute approximate surface area is 325 Å². The summed E-state index contributed by atoms with van der Waals surface area (Å²) in [4.78, 5) is 19.9. The maximum absolute atomic E-state index is 5.18. The zero-order valence-electron chi connectivity index (χ0n) is 30.9. The molecule has 0 aliphatic carbocycles. The number of hydrogen-bond donors (Lipinski definition) is 0. The Balaban J connectivity index is 0.000000230. The maximum atomic E-state index is 5.18. The van der Waals surface area contributed by atoms with E-state index in [-0.39, 0.29) is 20.1 Å². The largest absolute Gasteiger partial charge is 0.331 e. The number of fused-ring (bicyclic) bond motifs is 4. The normalized spacial score (nSPS) is 11.7. The van der Waals surface area contributed by atoms with Crippen molar-refractivity contribution >= 4 is 55.9 Å². The molecule has 0 aliphatic rings. The maximum Gasteiger partial charge on any atom is 0.113 e. The van der Waals surface area contributed by atoms with Gasteiger partial charge < -0.3 is 9.55 Å². The number of nitrogens with zero attached hydrogens (tertiary/aromatic N) is 5. The van der Waals surface area contributed by atoms with E-state index in [1.165, 1.54) is 37.5 Å². The summed E-state index contributed by atoms with van der Waals surface area (Å²) in [5.74, 6) is 1.63. The second-order valence-electron chi connectivity index (χ2n) is 14.8. The van der Waals surface area contributed by atoms with E-state index >= 15 is 0 Å². The van der Waals surface area contributed by atoms with Crippen LogP contribution in [-0.2, 0) is 20.1 Å². The Hall–Kier alpha value is -4.33. The van der Waals surface area contributed by atoms with E-state index in [9.17, 15) is 0 Å². The van der Waals surface area contributed by atoms with Crippen molar-refractivity contribution in [3.63, 3.8) is 0 Å². The minimum absolute atomic E-state index is 0. The summed E-state index contributed by atoms with van der Waals surface area (Å²) in [6.45, 7) is 18.1. The summed E-state index contributed by atoms with van der Waals surface area (Å²) in [5, 5.41) is 3.79. The Bertz CT molecular complexity index is 2450. The third-order valence-electron chi connectivity index (χ3n) is 9.29. The molecule has 0 atom stereocenters. The van der Waals surface area contributed by atoms with E-state index in [0.717, 1.165) is 44.1 Å². The van der Waals surface area contributed by atoms with E-state index in [4.69, 9.17) is 9.97 Å². The van der Waals surface area contributed by atoms with E-state index < -0.39 is 8.07 Å². The molecule has 52 heavy (non-hydrogen) atoms. The van der Waals surface area contributed by atoms with Gasteiger partial charge in [-0.3, -0.25) is 9.97 Å². The van der Waals surface area contributed by atoms with Crippen molar-refractivity contribution in [2.75, 3.05) is 0 Å². The molecular formula is C44H43IrN5SSi-2. The van der Waals surface area contributed by atoms with Gasteiger partial charge in [0.1, 0.15) is 4.83 Å². The van der Waals surface area contributed by atoms with Crippen LogP contribution in [0.2, 0.25) is 19.6 Å². The van der Waals surface area contributed by atoms with Gasteiger partial charge in [0.2, 0.25) is 0 Å². The van der Waals surface area contributed by atoms with Crippen molar-refractivity contribution in [2.24, 2.45) is 0 Å². The number of para-hydroxylation sites is 1. The van der Waals surface area contributed by atoms with Crippen molar-refractivity contribution in [1.29, 1.82) is 0 Å². The fraction of sp³-hybridized carbons (Fsp3) is 0.227. The Morgan fingerprint density at radius 3 is 2.19 bits per heavy atom. The molecule has 0 fully saturated rings. The van der Waals surface area contributed by atoms with Crippen LogP contribution in [0.1, 0.15) is 56.2 Å². The Kier molecular flexibility index (Phi) is 11.0. The van der Waals surface area contributed by atoms with Gasteiger partial charge in [0.15, 0.2) is 0 Å². The van der Waals surface area contributed by atoms with Crippen LogP contribution >= 0.6 is 11.3 Å². The first-order valence-electron chi connectivity index (χ1n) is 17.6. The van der Waals surface area contributed by atoms with Gasteiger partial charge in [-0.05, 0) is 63.2 Å². The molecule has 8 rings (SSSR count). The summed E-state index contributed by atoms with van der Waals surface area (Å²) >= 11 is 1.72. The molecule has 0 N–H and O–H groups in total. The molecule has 0 bridgehead atoms. The van der Waals surface area contributed by atoms with Gasteiger partial charge in [0, 0.05) is 49.8 Å². The number of rotatable bonds is 6. The number of benzene rings is 3. The summed E-state index contributed by atoms with van der Waals surface area (Å²) < 4.78 is 3.49. The van der Waals surface area contributed by atoms with Crippen molar-refractivity contribution < 1.29 is 20.1 Å². The number of thiophene rings is 1. The molecule has 8 aromatic rings. The van der Waals surface area contributed by atoms with Gasteiger partial charge in [-0.1, -0.05) is 88.6 Å². The van der Waals surface area contributed by atoms with Gasteiger partial charge >= 0.3 is 0 Å². The molecule has 1 radical (unpaired) electrons. The van der Waals surface area contributed by atoms with E-state index in [1.807, 2.05) is 61.2 Å². The molecule has 5 aromatic heterocycles. The molecule has 3 aromatic carbocycles. The van der Waals surface area contributed by atoms with Crippen LogP contribution in [0.15, 0.2) is 104 Å². The SMILES string of the molecule is C[Si](C)(C)c1ccc(-c2[c-]cccc2)nc1.Cc1cnc2sc3c(-c4nc5ccncc5n4-c4c(C(C)C)cccc4C(C)C)[c-]ccc3c2c1.[Ir]. The Morgan fingerprint density at radius 1 is 0.769 bits per heavy atom. The average Bonchev–Trinajstić information content (AvgIpc) is 3.70. The molecule has 0 unspecified atom stereocenters. The van der Waals surface area contributed by atoms with Crippen LogP contribution in [0.3, 0.4) is 0 Å². The predicted octanol–water partition coefficient (Wildman–Crippen LogP) is 11.3.